The maximum absolute atomic E-state index is 10.7. The van der Waals surface area contributed by atoms with Gasteiger partial charge in [-0.3, -0.25) is 0 Å². The van der Waals surface area contributed by atoms with Crippen LogP contribution in [0.25, 0.3) is 0 Å². The van der Waals surface area contributed by atoms with Crippen molar-refractivity contribution in [1.82, 2.24) is 5.32 Å². The van der Waals surface area contributed by atoms with Crippen molar-refractivity contribution >= 4 is 17.3 Å². The first-order chi connectivity index (χ1) is 8.06. The van der Waals surface area contributed by atoms with Crippen LogP contribution in [0.5, 0.6) is 0 Å². The summed E-state index contributed by atoms with van der Waals surface area (Å²) < 4.78 is 0. The molecule has 0 aliphatic carbocycles. The highest BCUT2D eigenvalue weighted by atomic mass is 32.1. The Balaban J connectivity index is 2.62. The molecule has 0 bridgehead atoms. The Morgan fingerprint density at radius 3 is 2.53 bits per heavy atom. The normalized spacial score (nSPS) is 11.7. The van der Waals surface area contributed by atoms with Gasteiger partial charge in [0.1, 0.15) is 0 Å². The molecule has 0 aliphatic heterocycles. The highest BCUT2D eigenvalue weighted by Gasteiger charge is 2.25. The molecule has 1 heterocycles. The molecule has 0 spiro atoms. The minimum absolute atomic E-state index is 0.156. The number of carbonyl (C=O) groups is 1. The molecule has 0 radical (unpaired) electrons. The van der Waals surface area contributed by atoms with Gasteiger partial charge in [0.15, 0.2) is 0 Å². The number of nitrogens with one attached hydrogen (secondary N) is 1. The lowest BCUT2D eigenvalue weighted by Crippen LogP contribution is -2.50. The molecule has 1 aromatic heterocycles. The Morgan fingerprint density at radius 2 is 2.12 bits per heavy atom. The van der Waals surface area contributed by atoms with E-state index in [1.807, 2.05) is 6.92 Å². The number of aromatic carboxylic acids is 1. The molecular weight excluding hydrogens is 242 g/mol. The summed E-state index contributed by atoms with van der Waals surface area (Å²) in [6, 6.07) is 1.59. The fourth-order valence-electron chi connectivity index (χ4n) is 1.37. The van der Waals surface area contributed by atoms with Crippen molar-refractivity contribution < 1.29 is 20.1 Å². The van der Waals surface area contributed by atoms with Crippen LogP contribution in [0.3, 0.4) is 0 Å². The van der Waals surface area contributed by atoms with E-state index in [4.69, 9.17) is 5.11 Å². The van der Waals surface area contributed by atoms with Crippen LogP contribution < -0.4 is 5.32 Å². The Kier molecular flexibility index (Phi) is 5.07. The van der Waals surface area contributed by atoms with Gasteiger partial charge in [-0.25, -0.2) is 4.79 Å². The van der Waals surface area contributed by atoms with E-state index in [0.29, 0.717) is 13.0 Å². The van der Waals surface area contributed by atoms with Crippen molar-refractivity contribution in [3.63, 3.8) is 0 Å². The first kappa shape index (κ1) is 14.1. The van der Waals surface area contributed by atoms with Crippen molar-refractivity contribution in [3.8, 4) is 0 Å². The highest BCUT2D eigenvalue weighted by molar-refractivity contribution is 7.10. The first-order valence-corrected chi connectivity index (χ1v) is 6.22. The summed E-state index contributed by atoms with van der Waals surface area (Å²) in [5.74, 6) is -0.946. The fraction of sp³-hybridized carbons (Fsp3) is 0.545. The van der Waals surface area contributed by atoms with Crippen molar-refractivity contribution in [3.05, 3.63) is 21.9 Å². The standard InChI is InChI=1S/C11H17NO4S/c1-2-11(6-13,7-14)12-4-9-3-8(5-17-9)10(15)16/h3,5,12-14H,2,4,6-7H2,1H3,(H,15,16). The molecule has 0 amide bonds. The largest absolute Gasteiger partial charge is 0.478 e. The fourth-order valence-corrected chi connectivity index (χ4v) is 2.17. The zero-order chi connectivity index (χ0) is 12.9. The summed E-state index contributed by atoms with van der Waals surface area (Å²) in [7, 11) is 0. The average molecular weight is 259 g/mol. The molecule has 1 aromatic rings. The lowest BCUT2D eigenvalue weighted by Gasteiger charge is -2.29. The minimum atomic E-state index is -0.946. The number of aliphatic hydroxyl groups is 2. The van der Waals surface area contributed by atoms with Gasteiger partial charge in [0, 0.05) is 16.8 Å². The summed E-state index contributed by atoms with van der Waals surface area (Å²) in [5.41, 5.74) is -0.435. The second kappa shape index (κ2) is 6.11. The molecule has 6 heteroatoms. The molecule has 0 unspecified atom stereocenters. The summed E-state index contributed by atoms with van der Waals surface area (Å²) >= 11 is 1.34. The van der Waals surface area contributed by atoms with Crippen LogP contribution in [0.15, 0.2) is 11.4 Å². The van der Waals surface area contributed by atoms with Crippen molar-refractivity contribution in [1.29, 1.82) is 0 Å². The highest BCUT2D eigenvalue weighted by Crippen LogP contribution is 2.16. The van der Waals surface area contributed by atoms with E-state index in [9.17, 15) is 15.0 Å². The van der Waals surface area contributed by atoms with Crippen molar-refractivity contribution in [2.75, 3.05) is 13.2 Å². The van der Waals surface area contributed by atoms with Gasteiger partial charge in [-0.15, -0.1) is 11.3 Å². The van der Waals surface area contributed by atoms with Crippen LogP contribution >= 0.6 is 11.3 Å². The Labute approximate surface area is 104 Å². The number of thiophene rings is 1. The Morgan fingerprint density at radius 1 is 1.47 bits per heavy atom. The second-order valence-electron chi connectivity index (χ2n) is 3.91. The zero-order valence-electron chi connectivity index (χ0n) is 9.64. The molecule has 0 aliphatic rings. The lowest BCUT2D eigenvalue weighted by molar-refractivity contribution is 0.0697. The SMILES string of the molecule is CCC(CO)(CO)NCc1cc(C(=O)O)cs1. The van der Waals surface area contributed by atoms with Crippen molar-refractivity contribution in [2.45, 2.75) is 25.4 Å². The van der Waals surface area contributed by atoms with Gasteiger partial charge in [0.2, 0.25) is 0 Å². The van der Waals surface area contributed by atoms with Gasteiger partial charge in [0.25, 0.3) is 0 Å². The molecule has 17 heavy (non-hydrogen) atoms. The van der Waals surface area contributed by atoms with Crippen LogP contribution in [0.2, 0.25) is 0 Å². The maximum Gasteiger partial charge on any atom is 0.336 e. The van der Waals surface area contributed by atoms with Gasteiger partial charge in [-0.2, -0.15) is 0 Å². The third kappa shape index (κ3) is 3.50. The van der Waals surface area contributed by atoms with Gasteiger partial charge in [0.05, 0.1) is 24.3 Å². The van der Waals surface area contributed by atoms with Gasteiger partial charge >= 0.3 is 5.97 Å². The van der Waals surface area contributed by atoms with Crippen LogP contribution in [0, 0.1) is 0 Å². The average Bonchev–Trinajstić information content (AvgIpc) is 2.81. The van der Waals surface area contributed by atoms with Crippen LogP contribution in [0.4, 0.5) is 0 Å². The number of rotatable bonds is 7. The zero-order valence-corrected chi connectivity index (χ0v) is 10.5. The van der Waals surface area contributed by atoms with Crippen LogP contribution in [0.1, 0.15) is 28.6 Å². The molecule has 0 fully saturated rings. The second-order valence-corrected chi connectivity index (χ2v) is 4.91. The van der Waals surface area contributed by atoms with Crippen LogP contribution in [-0.4, -0.2) is 40.0 Å². The van der Waals surface area contributed by atoms with E-state index >= 15 is 0 Å². The number of hydrogen-bond acceptors (Lipinski definition) is 5. The number of carboxylic acid groups (broad SMARTS) is 1. The third-order valence-electron chi connectivity index (χ3n) is 2.82. The minimum Gasteiger partial charge on any atom is -0.478 e. The summed E-state index contributed by atoms with van der Waals surface area (Å²) in [5, 5.41) is 31.9. The van der Waals surface area contributed by atoms with Crippen molar-refractivity contribution in [2.24, 2.45) is 0 Å². The molecule has 4 N–H and O–H groups in total. The van der Waals surface area contributed by atoms with Crippen LogP contribution in [-0.2, 0) is 6.54 Å². The molecular formula is C11H17NO4S. The molecule has 0 saturated heterocycles. The van der Waals surface area contributed by atoms with Gasteiger partial charge < -0.3 is 20.6 Å². The monoisotopic (exact) mass is 259 g/mol. The number of aliphatic hydroxyl groups excluding tert-OH is 2. The molecule has 1 rings (SSSR count). The Bertz CT molecular complexity index is 365. The number of hydrogen-bond donors (Lipinski definition) is 4. The van der Waals surface area contributed by atoms with Gasteiger partial charge in [-0.05, 0) is 12.5 Å². The van der Waals surface area contributed by atoms with E-state index < -0.39 is 11.5 Å². The predicted octanol–water partition coefficient (Wildman–Crippen LogP) is 0.669. The molecule has 5 nitrogen and oxygen atoms in total. The first-order valence-electron chi connectivity index (χ1n) is 5.34. The summed E-state index contributed by atoms with van der Waals surface area (Å²) in [6.45, 7) is 2.00. The van der Waals surface area contributed by atoms with E-state index in [-0.39, 0.29) is 18.8 Å². The molecule has 0 atom stereocenters. The van der Waals surface area contributed by atoms with Gasteiger partial charge in [-0.1, -0.05) is 6.92 Å². The smallest absolute Gasteiger partial charge is 0.336 e. The van der Waals surface area contributed by atoms with E-state index in [1.54, 1.807) is 11.4 Å². The quantitative estimate of drug-likeness (QED) is 0.578. The van der Waals surface area contributed by atoms with E-state index in [0.717, 1.165) is 4.88 Å². The number of carboxylic acids is 1. The summed E-state index contributed by atoms with van der Waals surface area (Å²) in [6.07, 6.45) is 0.594. The van der Waals surface area contributed by atoms with E-state index in [1.165, 1.54) is 11.3 Å². The molecule has 0 saturated carbocycles. The third-order valence-corrected chi connectivity index (χ3v) is 3.76. The maximum atomic E-state index is 10.7. The lowest BCUT2D eigenvalue weighted by atomic mass is 9.98. The Hall–Kier alpha value is -0.950. The molecule has 0 aromatic carbocycles. The topological polar surface area (TPSA) is 89.8 Å². The molecule has 96 valence electrons. The van der Waals surface area contributed by atoms with E-state index in [2.05, 4.69) is 5.32 Å². The summed E-state index contributed by atoms with van der Waals surface area (Å²) in [4.78, 5) is 11.6. The predicted molar refractivity (Wildman–Crippen MR) is 65.3 cm³/mol.